The zero-order valence-electron chi connectivity index (χ0n) is 8.37. The molecule has 0 amide bonds. The molecule has 0 N–H and O–H groups in total. The zero-order chi connectivity index (χ0) is 9.26. The average molecular weight is 178 g/mol. The van der Waals surface area contributed by atoms with Crippen LogP contribution in [0.25, 0.3) is 0 Å². The highest BCUT2D eigenvalue weighted by atomic mass is 15.2. The summed E-state index contributed by atoms with van der Waals surface area (Å²) in [6, 6.07) is 3.90. The maximum absolute atomic E-state index is 8.82. The lowest BCUT2D eigenvalue weighted by Gasteiger charge is -2.27. The Balaban J connectivity index is 1.92. The molecule has 72 valence electrons. The van der Waals surface area contributed by atoms with Gasteiger partial charge in [-0.25, -0.2) is 0 Å². The van der Waals surface area contributed by atoms with Crippen LogP contribution in [-0.2, 0) is 0 Å². The van der Waals surface area contributed by atoms with Gasteiger partial charge in [0.25, 0.3) is 0 Å². The molecule has 2 rings (SSSR count). The summed E-state index contributed by atoms with van der Waals surface area (Å²) < 4.78 is 0. The summed E-state index contributed by atoms with van der Waals surface area (Å²) in [4.78, 5) is 2.62. The minimum absolute atomic E-state index is 0.345. The molecule has 0 aromatic rings. The van der Waals surface area contributed by atoms with Crippen molar-refractivity contribution in [2.24, 2.45) is 5.92 Å². The largest absolute Gasteiger partial charge is 0.298 e. The molecule has 0 spiro atoms. The highest BCUT2D eigenvalue weighted by molar-refractivity contribution is 4.95. The summed E-state index contributed by atoms with van der Waals surface area (Å²) >= 11 is 0. The van der Waals surface area contributed by atoms with Crippen LogP contribution < -0.4 is 0 Å². The molecule has 0 aromatic heterocycles. The van der Waals surface area contributed by atoms with E-state index in [1.807, 2.05) is 0 Å². The summed E-state index contributed by atoms with van der Waals surface area (Å²) in [5, 5.41) is 8.82. The Morgan fingerprint density at radius 1 is 1.31 bits per heavy atom. The van der Waals surface area contributed by atoms with Crippen LogP contribution in [0.15, 0.2) is 0 Å². The number of hydrogen-bond acceptors (Lipinski definition) is 2. The van der Waals surface area contributed by atoms with Gasteiger partial charge < -0.3 is 0 Å². The first-order valence-electron chi connectivity index (χ1n) is 5.46. The van der Waals surface area contributed by atoms with E-state index in [0.29, 0.717) is 5.92 Å². The molecular weight excluding hydrogens is 160 g/mol. The van der Waals surface area contributed by atoms with Crippen molar-refractivity contribution < 1.29 is 0 Å². The van der Waals surface area contributed by atoms with E-state index in [1.54, 1.807) is 0 Å². The molecule has 0 aromatic carbocycles. The molecule has 2 nitrogen and oxygen atoms in total. The molecule has 2 heteroatoms. The predicted octanol–water partition coefficient (Wildman–Crippen LogP) is 2.16. The van der Waals surface area contributed by atoms with Crippen molar-refractivity contribution in [3.8, 4) is 6.07 Å². The van der Waals surface area contributed by atoms with E-state index in [0.717, 1.165) is 24.9 Å². The van der Waals surface area contributed by atoms with Gasteiger partial charge in [-0.05, 0) is 45.6 Å². The van der Waals surface area contributed by atoms with Gasteiger partial charge in [0, 0.05) is 18.0 Å². The fourth-order valence-corrected chi connectivity index (χ4v) is 2.87. The molecule has 1 saturated carbocycles. The van der Waals surface area contributed by atoms with Crippen LogP contribution in [-0.4, -0.2) is 23.5 Å². The summed E-state index contributed by atoms with van der Waals surface area (Å²) in [7, 11) is 0. The number of nitrogens with zero attached hydrogens (tertiary/aromatic N) is 2. The summed E-state index contributed by atoms with van der Waals surface area (Å²) in [5.41, 5.74) is 0. The summed E-state index contributed by atoms with van der Waals surface area (Å²) in [5.74, 6) is 0.345. The van der Waals surface area contributed by atoms with E-state index < -0.39 is 0 Å². The van der Waals surface area contributed by atoms with E-state index in [9.17, 15) is 0 Å². The normalized spacial score (nSPS) is 40.8. The van der Waals surface area contributed by atoms with E-state index in [4.69, 9.17) is 5.26 Å². The van der Waals surface area contributed by atoms with Gasteiger partial charge in [-0.3, -0.25) is 4.90 Å². The Kier molecular flexibility index (Phi) is 2.55. The van der Waals surface area contributed by atoms with Crippen molar-refractivity contribution in [3.63, 3.8) is 0 Å². The van der Waals surface area contributed by atoms with Crippen molar-refractivity contribution in [2.75, 3.05) is 6.54 Å². The van der Waals surface area contributed by atoms with Crippen molar-refractivity contribution in [1.29, 1.82) is 5.26 Å². The summed E-state index contributed by atoms with van der Waals surface area (Å²) in [6.45, 7) is 3.59. The van der Waals surface area contributed by atoms with Gasteiger partial charge in [0.1, 0.15) is 0 Å². The molecule has 1 heterocycles. The van der Waals surface area contributed by atoms with Crippen LogP contribution in [0.2, 0.25) is 0 Å². The molecule has 13 heavy (non-hydrogen) atoms. The van der Waals surface area contributed by atoms with Crippen LogP contribution in [0.1, 0.15) is 39.0 Å². The van der Waals surface area contributed by atoms with Gasteiger partial charge in [0.2, 0.25) is 0 Å². The van der Waals surface area contributed by atoms with E-state index in [1.165, 1.54) is 25.8 Å². The minimum atomic E-state index is 0.345. The molecule has 3 atom stereocenters. The minimum Gasteiger partial charge on any atom is -0.298 e. The average Bonchev–Trinajstić information content (AvgIpc) is 2.71. The van der Waals surface area contributed by atoms with E-state index >= 15 is 0 Å². The van der Waals surface area contributed by atoms with Crippen molar-refractivity contribution >= 4 is 0 Å². The molecular formula is C11H18N2. The third-order valence-corrected chi connectivity index (χ3v) is 3.66. The van der Waals surface area contributed by atoms with Gasteiger partial charge in [0.05, 0.1) is 6.07 Å². The standard InChI is InChI=1S/C11H18N2/c1-9-3-2-6-13(9)11-5-4-10(7-11)8-12/h9-11H,2-7H2,1H3. The first-order valence-corrected chi connectivity index (χ1v) is 5.46. The Labute approximate surface area is 80.5 Å². The van der Waals surface area contributed by atoms with Crippen LogP contribution in [0.3, 0.4) is 0 Å². The highest BCUT2D eigenvalue weighted by Gasteiger charge is 2.33. The van der Waals surface area contributed by atoms with Crippen LogP contribution >= 0.6 is 0 Å². The van der Waals surface area contributed by atoms with Gasteiger partial charge >= 0.3 is 0 Å². The molecule has 0 radical (unpaired) electrons. The van der Waals surface area contributed by atoms with E-state index in [-0.39, 0.29) is 0 Å². The topological polar surface area (TPSA) is 27.0 Å². The van der Waals surface area contributed by atoms with Crippen LogP contribution in [0, 0.1) is 17.2 Å². The SMILES string of the molecule is CC1CCCN1C1CCC(C#N)C1. The van der Waals surface area contributed by atoms with Gasteiger partial charge in [-0.15, -0.1) is 0 Å². The van der Waals surface area contributed by atoms with Gasteiger partial charge in [-0.1, -0.05) is 0 Å². The Morgan fingerprint density at radius 2 is 2.15 bits per heavy atom. The lowest BCUT2D eigenvalue weighted by molar-refractivity contribution is 0.190. The quantitative estimate of drug-likeness (QED) is 0.615. The monoisotopic (exact) mass is 178 g/mol. The van der Waals surface area contributed by atoms with Gasteiger partial charge in [0.15, 0.2) is 0 Å². The van der Waals surface area contributed by atoms with Crippen LogP contribution in [0.5, 0.6) is 0 Å². The highest BCUT2D eigenvalue weighted by Crippen LogP contribution is 2.32. The fraction of sp³-hybridized carbons (Fsp3) is 0.909. The second-order valence-electron chi connectivity index (χ2n) is 4.52. The number of nitriles is 1. The molecule has 3 unspecified atom stereocenters. The first kappa shape index (κ1) is 9.02. The first-order chi connectivity index (χ1) is 6.31. The van der Waals surface area contributed by atoms with Gasteiger partial charge in [-0.2, -0.15) is 5.26 Å². The molecule has 1 aliphatic carbocycles. The number of hydrogen-bond donors (Lipinski definition) is 0. The third kappa shape index (κ3) is 1.71. The predicted molar refractivity (Wildman–Crippen MR) is 52.1 cm³/mol. The Hall–Kier alpha value is -0.550. The fourth-order valence-electron chi connectivity index (χ4n) is 2.87. The smallest absolute Gasteiger partial charge is 0.0656 e. The second-order valence-corrected chi connectivity index (χ2v) is 4.52. The third-order valence-electron chi connectivity index (χ3n) is 3.66. The summed E-state index contributed by atoms with van der Waals surface area (Å²) in [6.07, 6.45) is 6.22. The number of likely N-dealkylation sites (tertiary alicyclic amines) is 1. The molecule has 1 saturated heterocycles. The number of rotatable bonds is 1. The van der Waals surface area contributed by atoms with Crippen LogP contribution in [0.4, 0.5) is 0 Å². The lowest BCUT2D eigenvalue weighted by Crippen LogP contribution is -2.35. The maximum Gasteiger partial charge on any atom is 0.0656 e. The zero-order valence-corrected chi connectivity index (χ0v) is 8.37. The molecule has 2 aliphatic rings. The molecule has 0 bridgehead atoms. The van der Waals surface area contributed by atoms with Crippen molar-refractivity contribution in [2.45, 2.75) is 51.1 Å². The lowest BCUT2D eigenvalue weighted by atomic mass is 10.1. The molecule has 1 aliphatic heterocycles. The molecule has 2 fully saturated rings. The van der Waals surface area contributed by atoms with E-state index in [2.05, 4.69) is 17.9 Å². The van der Waals surface area contributed by atoms with Crippen molar-refractivity contribution in [1.82, 2.24) is 4.90 Å². The van der Waals surface area contributed by atoms with Crippen molar-refractivity contribution in [3.05, 3.63) is 0 Å². The Morgan fingerprint density at radius 3 is 2.69 bits per heavy atom. The Bertz CT molecular complexity index is 219. The maximum atomic E-state index is 8.82. The second kappa shape index (κ2) is 3.67.